The number of amides is 2. The molecule has 1 aromatic rings. The number of sulfonamides is 1. The molecule has 0 unspecified atom stereocenters. The van der Waals surface area contributed by atoms with Crippen LogP contribution in [0.25, 0.3) is 0 Å². The summed E-state index contributed by atoms with van der Waals surface area (Å²) < 4.78 is 31.4. The molecule has 1 heterocycles. The Bertz CT molecular complexity index is 688. The summed E-state index contributed by atoms with van der Waals surface area (Å²) in [5, 5.41) is 2.84. The number of carbonyl (C=O) groups excluding carboxylic acids is 1. The molecule has 0 saturated carbocycles. The van der Waals surface area contributed by atoms with E-state index >= 15 is 0 Å². The summed E-state index contributed by atoms with van der Waals surface area (Å²) >= 11 is 0. The van der Waals surface area contributed by atoms with Gasteiger partial charge in [-0.2, -0.15) is 0 Å². The number of rotatable bonds is 4. The number of hydrogen-bond acceptors (Lipinski definition) is 4. The average molecular weight is 369 g/mol. The van der Waals surface area contributed by atoms with Crippen molar-refractivity contribution >= 4 is 21.7 Å². The molecule has 2 amide bonds. The Balaban J connectivity index is 1.85. The van der Waals surface area contributed by atoms with Crippen LogP contribution in [0.1, 0.15) is 33.6 Å². The van der Waals surface area contributed by atoms with Crippen molar-refractivity contribution in [1.29, 1.82) is 0 Å². The van der Waals surface area contributed by atoms with Crippen molar-refractivity contribution in [3.8, 4) is 5.75 Å². The molecule has 0 spiro atoms. The number of urea groups is 1. The van der Waals surface area contributed by atoms with Crippen LogP contribution in [0.15, 0.2) is 24.3 Å². The van der Waals surface area contributed by atoms with Gasteiger partial charge >= 0.3 is 6.03 Å². The van der Waals surface area contributed by atoms with Gasteiger partial charge in [0.15, 0.2) is 0 Å². The molecule has 0 aromatic heterocycles. The number of methoxy groups -OCH3 is 1. The summed E-state index contributed by atoms with van der Waals surface area (Å²) in [6.07, 6.45) is 1.21. The number of ether oxygens (including phenoxy) is 1. The number of hydrogen-bond donors (Lipinski definition) is 2. The molecule has 7 nitrogen and oxygen atoms in total. The van der Waals surface area contributed by atoms with Gasteiger partial charge in [-0.15, -0.1) is 0 Å². The summed E-state index contributed by atoms with van der Waals surface area (Å²) in [5.74, 6) is 0.727. The summed E-state index contributed by atoms with van der Waals surface area (Å²) in [6, 6.07) is 6.81. The van der Waals surface area contributed by atoms with Gasteiger partial charge in [0.25, 0.3) is 0 Å². The fourth-order valence-electron chi connectivity index (χ4n) is 2.47. The van der Waals surface area contributed by atoms with Crippen molar-refractivity contribution in [2.24, 2.45) is 0 Å². The predicted molar refractivity (Wildman–Crippen MR) is 98.4 cm³/mol. The highest BCUT2D eigenvalue weighted by molar-refractivity contribution is 7.90. The second kappa shape index (κ2) is 7.61. The first-order chi connectivity index (χ1) is 11.6. The zero-order chi connectivity index (χ0) is 18.7. The molecule has 0 bridgehead atoms. The van der Waals surface area contributed by atoms with Gasteiger partial charge in [-0.25, -0.2) is 17.9 Å². The Kier molecular flexibility index (Phi) is 5.95. The largest absolute Gasteiger partial charge is 0.497 e. The van der Waals surface area contributed by atoms with Crippen LogP contribution in [0.5, 0.6) is 5.75 Å². The molecule has 1 aliphatic rings. The number of carbonyl (C=O) groups is 1. The summed E-state index contributed by atoms with van der Waals surface area (Å²) in [7, 11) is -1.78. The third kappa shape index (κ3) is 5.09. The lowest BCUT2D eigenvalue weighted by molar-refractivity contribution is 0.193. The number of anilines is 1. The molecular formula is C17H27N3O4S. The molecule has 140 valence electrons. The quantitative estimate of drug-likeness (QED) is 0.853. The van der Waals surface area contributed by atoms with Gasteiger partial charge < -0.3 is 15.0 Å². The SMILES string of the molecule is COc1ccc(NC(=O)N2CCC(NS(=O)(=O)C(C)(C)C)CC2)cc1. The van der Waals surface area contributed by atoms with Gasteiger partial charge in [0.2, 0.25) is 10.0 Å². The highest BCUT2D eigenvalue weighted by Crippen LogP contribution is 2.19. The van der Waals surface area contributed by atoms with Crippen LogP contribution in [0, 0.1) is 0 Å². The van der Waals surface area contributed by atoms with E-state index in [-0.39, 0.29) is 12.1 Å². The number of piperidine rings is 1. The van der Waals surface area contributed by atoms with E-state index < -0.39 is 14.8 Å². The summed E-state index contributed by atoms with van der Waals surface area (Å²) in [6.45, 7) is 6.05. The van der Waals surface area contributed by atoms with Gasteiger partial charge in [0.05, 0.1) is 11.9 Å². The number of nitrogens with one attached hydrogen (secondary N) is 2. The Hall–Kier alpha value is -1.80. The zero-order valence-electron chi connectivity index (χ0n) is 15.2. The maximum Gasteiger partial charge on any atom is 0.321 e. The van der Waals surface area contributed by atoms with Crippen molar-refractivity contribution in [3.05, 3.63) is 24.3 Å². The van der Waals surface area contributed by atoms with Crippen LogP contribution in [0.4, 0.5) is 10.5 Å². The number of nitrogens with zero attached hydrogens (tertiary/aromatic N) is 1. The van der Waals surface area contributed by atoms with E-state index in [4.69, 9.17) is 4.74 Å². The second-order valence-electron chi connectivity index (χ2n) is 7.15. The normalized spacial score (nSPS) is 16.6. The maximum atomic E-state index is 12.3. The third-order valence-corrected chi connectivity index (χ3v) is 6.51. The number of benzene rings is 1. The molecular weight excluding hydrogens is 342 g/mol. The number of likely N-dealkylation sites (tertiary alicyclic amines) is 1. The van der Waals surface area contributed by atoms with Gasteiger partial charge in [-0.05, 0) is 57.9 Å². The minimum Gasteiger partial charge on any atom is -0.497 e. The van der Waals surface area contributed by atoms with Crippen LogP contribution in [0.3, 0.4) is 0 Å². The van der Waals surface area contributed by atoms with Gasteiger partial charge in [0.1, 0.15) is 5.75 Å². The summed E-state index contributed by atoms with van der Waals surface area (Å²) in [5.41, 5.74) is 0.696. The molecule has 0 aliphatic carbocycles. The van der Waals surface area contributed by atoms with Crippen molar-refractivity contribution in [1.82, 2.24) is 9.62 Å². The van der Waals surface area contributed by atoms with Crippen molar-refractivity contribution in [3.63, 3.8) is 0 Å². The Morgan fingerprint density at radius 1 is 1.16 bits per heavy atom. The molecule has 1 saturated heterocycles. The molecule has 2 rings (SSSR count). The van der Waals surface area contributed by atoms with Gasteiger partial charge in [0, 0.05) is 24.8 Å². The van der Waals surface area contributed by atoms with E-state index in [2.05, 4.69) is 10.0 Å². The zero-order valence-corrected chi connectivity index (χ0v) is 16.0. The molecule has 8 heteroatoms. The van der Waals surface area contributed by atoms with Crippen LogP contribution in [-0.2, 0) is 10.0 Å². The van der Waals surface area contributed by atoms with E-state index in [1.54, 1.807) is 57.0 Å². The minimum absolute atomic E-state index is 0.130. The molecule has 1 aromatic carbocycles. The molecule has 25 heavy (non-hydrogen) atoms. The lowest BCUT2D eigenvalue weighted by Gasteiger charge is -2.33. The van der Waals surface area contributed by atoms with Crippen molar-refractivity contribution in [2.45, 2.75) is 44.4 Å². The minimum atomic E-state index is -3.37. The van der Waals surface area contributed by atoms with Crippen molar-refractivity contribution < 1.29 is 17.9 Å². The molecule has 1 aliphatic heterocycles. The smallest absolute Gasteiger partial charge is 0.321 e. The van der Waals surface area contributed by atoms with Crippen LogP contribution >= 0.6 is 0 Å². The lowest BCUT2D eigenvalue weighted by Crippen LogP contribution is -2.50. The van der Waals surface area contributed by atoms with Crippen molar-refractivity contribution in [2.75, 3.05) is 25.5 Å². The first kappa shape index (κ1) is 19.5. The van der Waals surface area contributed by atoms with E-state index in [9.17, 15) is 13.2 Å². The Labute approximate surface area is 149 Å². The molecule has 0 atom stereocenters. The Morgan fingerprint density at radius 3 is 2.20 bits per heavy atom. The van der Waals surface area contributed by atoms with Crippen LogP contribution in [0.2, 0.25) is 0 Å². The van der Waals surface area contributed by atoms with Crippen LogP contribution < -0.4 is 14.8 Å². The summed E-state index contributed by atoms with van der Waals surface area (Å²) in [4.78, 5) is 14.0. The van der Waals surface area contributed by atoms with E-state index in [0.29, 0.717) is 31.6 Å². The van der Waals surface area contributed by atoms with E-state index in [1.807, 2.05) is 0 Å². The maximum absolute atomic E-state index is 12.3. The third-order valence-electron chi connectivity index (χ3n) is 4.25. The first-order valence-electron chi connectivity index (χ1n) is 8.34. The molecule has 2 N–H and O–H groups in total. The topological polar surface area (TPSA) is 87.7 Å². The van der Waals surface area contributed by atoms with Gasteiger partial charge in [-0.1, -0.05) is 0 Å². The fraction of sp³-hybridized carbons (Fsp3) is 0.588. The lowest BCUT2D eigenvalue weighted by atomic mass is 10.1. The monoisotopic (exact) mass is 369 g/mol. The standard InChI is InChI=1S/C17H27N3O4S/c1-17(2,3)25(22,23)19-14-9-11-20(12-10-14)16(21)18-13-5-7-15(24-4)8-6-13/h5-8,14,19H,9-12H2,1-4H3,(H,18,21). The molecule has 0 radical (unpaired) electrons. The van der Waals surface area contributed by atoms with Gasteiger partial charge in [-0.3, -0.25) is 0 Å². The molecule has 1 fully saturated rings. The second-order valence-corrected chi connectivity index (χ2v) is 9.62. The first-order valence-corrected chi connectivity index (χ1v) is 9.82. The van der Waals surface area contributed by atoms with E-state index in [0.717, 1.165) is 5.75 Å². The average Bonchev–Trinajstić information content (AvgIpc) is 2.55. The highest BCUT2D eigenvalue weighted by Gasteiger charge is 2.33. The Morgan fingerprint density at radius 2 is 1.72 bits per heavy atom. The predicted octanol–water partition coefficient (Wildman–Crippen LogP) is 2.41. The van der Waals surface area contributed by atoms with Crippen LogP contribution in [-0.4, -0.2) is 50.3 Å². The van der Waals surface area contributed by atoms with E-state index in [1.165, 1.54) is 0 Å². The fourth-order valence-corrected chi connectivity index (χ4v) is 3.50. The highest BCUT2D eigenvalue weighted by atomic mass is 32.2.